The molecular weight excluding hydrogens is 330 g/mol. The summed E-state index contributed by atoms with van der Waals surface area (Å²) in [6.07, 6.45) is 0.622. The SMILES string of the molecule is Cc1nc(-c2ccccc2)ncc1C(=O)NCC(O)c1ccc(O)cc1. The third-order valence-electron chi connectivity index (χ3n) is 3.99. The van der Waals surface area contributed by atoms with E-state index < -0.39 is 6.10 Å². The summed E-state index contributed by atoms with van der Waals surface area (Å²) in [4.78, 5) is 21.0. The van der Waals surface area contributed by atoms with Crippen LogP contribution in [0.5, 0.6) is 5.75 Å². The summed E-state index contributed by atoms with van der Waals surface area (Å²) in [5, 5.41) is 22.1. The Hall–Kier alpha value is -3.25. The fourth-order valence-electron chi connectivity index (χ4n) is 2.52. The highest BCUT2D eigenvalue weighted by molar-refractivity contribution is 5.95. The molecule has 0 spiro atoms. The number of hydrogen-bond acceptors (Lipinski definition) is 5. The van der Waals surface area contributed by atoms with Gasteiger partial charge in [-0.05, 0) is 24.6 Å². The van der Waals surface area contributed by atoms with Crippen molar-refractivity contribution >= 4 is 5.91 Å². The summed E-state index contributed by atoms with van der Waals surface area (Å²) in [7, 11) is 0. The average Bonchev–Trinajstić information content (AvgIpc) is 2.67. The van der Waals surface area contributed by atoms with Crippen molar-refractivity contribution in [3.8, 4) is 17.1 Å². The number of benzene rings is 2. The molecule has 6 heteroatoms. The minimum atomic E-state index is -0.871. The van der Waals surface area contributed by atoms with Crippen molar-refractivity contribution in [1.29, 1.82) is 0 Å². The van der Waals surface area contributed by atoms with Gasteiger partial charge in [-0.25, -0.2) is 9.97 Å². The van der Waals surface area contributed by atoms with Gasteiger partial charge in [0.05, 0.1) is 17.4 Å². The molecule has 1 amide bonds. The third-order valence-corrected chi connectivity index (χ3v) is 3.99. The number of nitrogens with one attached hydrogen (secondary N) is 1. The van der Waals surface area contributed by atoms with Crippen LogP contribution in [0, 0.1) is 6.92 Å². The Labute approximate surface area is 151 Å². The smallest absolute Gasteiger partial charge is 0.254 e. The normalized spacial score (nSPS) is 11.8. The first-order valence-electron chi connectivity index (χ1n) is 8.19. The number of aryl methyl sites for hydroxylation is 1. The number of hydrogen-bond donors (Lipinski definition) is 3. The van der Waals surface area contributed by atoms with Gasteiger partial charge in [0.15, 0.2) is 5.82 Å². The molecule has 132 valence electrons. The number of phenols is 1. The molecule has 26 heavy (non-hydrogen) atoms. The van der Waals surface area contributed by atoms with Crippen LogP contribution in [0.25, 0.3) is 11.4 Å². The highest BCUT2D eigenvalue weighted by Gasteiger charge is 2.15. The van der Waals surface area contributed by atoms with Crippen LogP contribution in [0.2, 0.25) is 0 Å². The van der Waals surface area contributed by atoms with E-state index in [1.807, 2.05) is 30.3 Å². The predicted molar refractivity (Wildman–Crippen MR) is 97.6 cm³/mol. The Kier molecular flexibility index (Phi) is 5.24. The van der Waals surface area contributed by atoms with E-state index in [2.05, 4.69) is 15.3 Å². The molecule has 3 rings (SSSR count). The zero-order valence-corrected chi connectivity index (χ0v) is 14.3. The van der Waals surface area contributed by atoms with Gasteiger partial charge in [0.1, 0.15) is 5.75 Å². The molecule has 1 aromatic heterocycles. The fourth-order valence-corrected chi connectivity index (χ4v) is 2.52. The van der Waals surface area contributed by atoms with E-state index in [0.29, 0.717) is 22.6 Å². The second-order valence-electron chi connectivity index (χ2n) is 5.88. The number of aromatic hydroxyl groups is 1. The Morgan fingerprint density at radius 3 is 2.46 bits per heavy atom. The Morgan fingerprint density at radius 1 is 1.12 bits per heavy atom. The van der Waals surface area contributed by atoms with Crippen LogP contribution in [-0.4, -0.2) is 32.6 Å². The number of carbonyl (C=O) groups excluding carboxylic acids is 1. The van der Waals surface area contributed by atoms with Gasteiger partial charge in [0.25, 0.3) is 5.91 Å². The van der Waals surface area contributed by atoms with E-state index >= 15 is 0 Å². The van der Waals surface area contributed by atoms with Gasteiger partial charge in [-0.3, -0.25) is 4.79 Å². The number of carbonyl (C=O) groups is 1. The van der Waals surface area contributed by atoms with E-state index in [4.69, 9.17) is 0 Å². The Morgan fingerprint density at radius 2 is 1.81 bits per heavy atom. The highest BCUT2D eigenvalue weighted by atomic mass is 16.3. The van der Waals surface area contributed by atoms with Crippen molar-refractivity contribution in [3.05, 3.63) is 77.6 Å². The lowest BCUT2D eigenvalue weighted by Gasteiger charge is -2.13. The van der Waals surface area contributed by atoms with E-state index in [9.17, 15) is 15.0 Å². The van der Waals surface area contributed by atoms with Gasteiger partial charge in [-0.15, -0.1) is 0 Å². The molecule has 0 aliphatic carbocycles. The first-order chi connectivity index (χ1) is 12.5. The van der Waals surface area contributed by atoms with Crippen LogP contribution in [0.4, 0.5) is 0 Å². The van der Waals surface area contributed by atoms with Crippen molar-refractivity contribution < 1.29 is 15.0 Å². The largest absolute Gasteiger partial charge is 0.508 e. The zero-order chi connectivity index (χ0) is 18.5. The molecule has 1 heterocycles. The van der Waals surface area contributed by atoms with E-state index in [1.165, 1.54) is 18.3 Å². The number of phenolic OH excluding ortho intramolecular Hbond substituents is 1. The number of nitrogens with zero attached hydrogens (tertiary/aromatic N) is 2. The molecule has 3 aromatic rings. The van der Waals surface area contributed by atoms with Crippen LogP contribution >= 0.6 is 0 Å². The van der Waals surface area contributed by atoms with E-state index in [-0.39, 0.29) is 18.2 Å². The fraction of sp³-hybridized carbons (Fsp3) is 0.150. The van der Waals surface area contributed by atoms with Gasteiger partial charge >= 0.3 is 0 Å². The molecule has 6 nitrogen and oxygen atoms in total. The second kappa shape index (κ2) is 7.76. The zero-order valence-electron chi connectivity index (χ0n) is 14.3. The van der Waals surface area contributed by atoms with Crippen molar-refractivity contribution in [2.45, 2.75) is 13.0 Å². The van der Waals surface area contributed by atoms with Gasteiger partial charge in [0.2, 0.25) is 0 Å². The summed E-state index contributed by atoms with van der Waals surface area (Å²) in [5.41, 5.74) is 2.42. The van der Waals surface area contributed by atoms with Gasteiger partial charge in [-0.2, -0.15) is 0 Å². The lowest BCUT2D eigenvalue weighted by atomic mass is 10.1. The van der Waals surface area contributed by atoms with Gasteiger partial charge in [0, 0.05) is 18.3 Å². The summed E-state index contributed by atoms with van der Waals surface area (Å²) in [5.74, 6) is 0.333. The highest BCUT2D eigenvalue weighted by Crippen LogP contribution is 2.17. The minimum absolute atomic E-state index is 0.0451. The molecule has 0 aliphatic rings. The number of aromatic nitrogens is 2. The lowest BCUT2D eigenvalue weighted by Crippen LogP contribution is -2.29. The molecule has 0 saturated carbocycles. The van der Waals surface area contributed by atoms with E-state index in [0.717, 1.165) is 5.56 Å². The maximum Gasteiger partial charge on any atom is 0.254 e. The molecule has 0 saturated heterocycles. The van der Waals surface area contributed by atoms with Crippen LogP contribution in [0.3, 0.4) is 0 Å². The number of rotatable bonds is 5. The summed E-state index contributed by atoms with van der Waals surface area (Å²) in [6, 6.07) is 15.7. The van der Waals surface area contributed by atoms with Crippen molar-refractivity contribution in [1.82, 2.24) is 15.3 Å². The third kappa shape index (κ3) is 4.04. The summed E-state index contributed by atoms with van der Waals surface area (Å²) in [6.45, 7) is 1.79. The van der Waals surface area contributed by atoms with Crippen molar-refractivity contribution in [2.24, 2.45) is 0 Å². The van der Waals surface area contributed by atoms with E-state index in [1.54, 1.807) is 19.1 Å². The van der Waals surface area contributed by atoms with Crippen LogP contribution in [-0.2, 0) is 0 Å². The Balaban J connectivity index is 1.67. The van der Waals surface area contributed by atoms with Gasteiger partial charge < -0.3 is 15.5 Å². The maximum absolute atomic E-state index is 12.4. The van der Waals surface area contributed by atoms with Crippen LogP contribution in [0.15, 0.2) is 60.8 Å². The predicted octanol–water partition coefficient (Wildman–Crippen LogP) is 2.62. The first kappa shape index (κ1) is 17.6. The summed E-state index contributed by atoms with van der Waals surface area (Å²) >= 11 is 0. The molecule has 0 fully saturated rings. The topological polar surface area (TPSA) is 95.3 Å². The summed E-state index contributed by atoms with van der Waals surface area (Å²) < 4.78 is 0. The second-order valence-corrected chi connectivity index (χ2v) is 5.88. The van der Waals surface area contributed by atoms with Crippen molar-refractivity contribution in [3.63, 3.8) is 0 Å². The quantitative estimate of drug-likeness (QED) is 0.658. The standard InChI is InChI=1S/C20H19N3O3/c1-13-17(11-21-19(23-13)15-5-3-2-4-6-15)20(26)22-12-18(25)14-7-9-16(24)10-8-14/h2-11,18,24-25H,12H2,1H3,(H,22,26). The Bertz CT molecular complexity index is 896. The van der Waals surface area contributed by atoms with Crippen LogP contribution < -0.4 is 5.32 Å². The molecule has 0 bridgehead atoms. The molecular formula is C20H19N3O3. The molecule has 0 radical (unpaired) electrons. The average molecular weight is 349 g/mol. The minimum Gasteiger partial charge on any atom is -0.508 e. The number of aliphatic hydroxyl groups is 1. The molecule has 3 N–H and O–H groups in total. The van der Waals surface area contributed by atoms with Gasteiger partial charge in [-0.1, -0.05) is 42.5 Å². The lowest BCUT2D eigenvalue weighted by molar-refractivity contribution is 0.0915. The maximum atomic E-state index is 12.4. The number of amides is 1. The first-order valence-corrected chi connectivity index (χ1v) is 8.19. The molecule has 0 aliphatic heterocycles. The monoisotopic (exact) mass is 349 g/mol. The molecule has 2 aromatic carbocycles. The van der Waals surface area contributed by atoms with Crippen molar-refractivity contribution in [2.75, 3.05) is 6.54 Å². The molecule has 1 atom stereocenters. The molecule has 1 unspecified atom stereocenters. The van der Waals surface area contributed by atoms with Crippen LogP contribution in [0.1, 0.15) is 27.7 Å². The number of aliphatic hydroxyl groups excluding tert-OH is 1.